The Bertz CT molecular complexity index is 1210. The molecule has 1 N–H and O–H groups in total. The lowest BCUT2D eigenvalue weighted by atomic mass is 9.92. The fraction of sp³-hybridized carbons (Fsp3) is 0.194. The summed E-state index contributed by atoms with van der Waals surface area (Å²) in [6.07, 6.45) is 0.0291. The monoisotopic (exact) mass is 449 g/mol. The summed E-state index contributed by atoms with van der Waals surface area (Å²) in [5.74, 6) is -0.801. The van der Waals surface area contributed by atoms with Gasteiger partial charge in [-0.2, -0.15) is 0 Å². The molecule has 0 saturated carbocycles. The minimum atomic E-state index is -0.801. The van der Waals surface area contributed by atoms with Gasteiger partial charge in [0, 0.05) is 18.6 Å². The molecule has 0 amide bonds. The topological polar surface area (TPSA) is 40.5 Å². The predicted octanol–water partition coefficient (Wildman–Crippen LogP) is 7.44. The van der Waals surface area contributed by atoms with Crippen LogP contribution in [0.2, 0.25) is 0 Å². The molecule has 0 heterocycles. The van der Waals surface area contributed by atoms with Crippen LogP contribution in [0, 0.1) is 6.92 Å². The van der Waals surface area contributed by atoms with Crippen molar-refractivity contribution in [2.75, 3.05) is 0 Å². The lowest BCUT2D eigenvalue weighted by Gasteiger charge is -2.37. The molecule has 0 fully saturated rings. The van der Waals surface area contributed by atoms with Crippen LogP contribution in [0.25, 0.3) is 11.1 Å². The fourth-order valence-corrected chi connectivity index (χ4v) is 4.60. The van der Waals surface area contributed by atoms with Crippen molar-refractivity contribution in [1.82, 2.24) is 4.90 Å². The van der Waals surface area contributed by atoms with Crippen molar-refractivity contribution in [2.45, 2.75) is 38.9 Å². The first-order valence-corrected chi connectivity index (χ1v) is 11.8. The summed E-state index contributed by atoms with van der Waals surface area (Å²) >= 11 is 0. The van der Waals surface area contributed by atoms with E-state index in [4.69, 9.17) is 0 Å². The zero-order valence-corrected chi connectivity index (χ0v) is 19.8. The summed E-state index contributed by atoms with van der Waals surface area (Å²) in [5, 5.41) is 9.93. The standard InChI is InChI=1S/C31H31NO2/c1-23-18-19-28(20-29(23)27-16-10-5-11-17-27)30(21-31(33)34)32(22-25-12-6-3-7-13-25)24(2)26-14-8-4-9-15-26/h3-20,24,30H,21-22H2,1-2H3,(H,33,34). The van der Waals surface area contributed by atoms with E-state index >= 15 is 0 Å². The molecule has 0 aliphatic rings. The van der Waals surface area contributed by atoms with Crippen LogP contribution in [0.4, 0.5) is 0 Å². The summed E-state index contributed by atoms with van der Waals surface area (Å²) in [4.78, 5) is 14.4. The van der Waals surface area contributed by atoms with E-state index in [1.54, 1.807) is 0 Å². The average molecular weight is 450 g/mol. The largest absolute Gasteiger partial charge is 0.481 e. The number of benzene rings is 4. The second-order valence-corrected chi connectivity index (χ2v) is 8.80. The van der Waals surface area contributed by atoms with E-state index in [9.17, 15) is 9.90 Å². The molecule has 0 spiro atoms. The molecule has 3 heteroatoms. The third kappa shape index (κ3) is 5.62. The molecule has 4 rings (SSSR count). The average Bonchev–Trinajstić information content (AvgIpc) is 2.87. The number of nitrogens with zero attached hydrogens (tertiary/aromatic N) is 1. The molecule has 0 aliphatic carbocycles. The van der Waals surface area contributed by atoms with E-state index in [1.165, 1.54) is 11.1 Å². The highest BCUT2D eigenvalue weighted by Crippen LogP contribution is 2.37. The van der Waals surface area contributed by atoms with Gasteiger partial charge in [-0.3, -0.25) is 9.69 Å². The summed E-state index contributed by atoms with van der Waals surface area (Å²) in [6, 6.07) is 37.0. The number of aryl methyl sites for hydroxylation is 1. The van der Waals surface area contributed by atoms with Crippen molar-refractivity contribution in [3.05, 3.63) is 131 Å². The molecule has 2 atom stereocenters. The van der Waals surface area contributed by atoms with Gasteiger partial charge in [-0.25, -0.2) is 0 Å². The van der Waals surface area contributed by atoms with Crippen molar-refractivity contribution >= 4 is 5.97 Å². The maximum Gasteiger partial charge on any atom is 0.305 e. The van der Waals surface area contributed by atoms with Gasteiger partial charge in [0.05, 0.1) is 6.42 Å². The van der Waals surface area contributed by atoms with Crippen molar-refractivity contribution in [3.63, 3.8) is 0 Å². The normalized spacial score (nSPS) is 12.9. The Kier molecular flexibility index (Phi) is 7.56. The smallest absolute Gasteiger partial charge is 0.305 e. The first-order chi connectivity index (χ1) is 16.5. The molecule has 4 aromatic rings. The second kappa shape index (κ2) is 11.0. The number of carboxylic acids is 1. The van der Waals surface area contributed by atoms with E-state index in [1.807, 2.05) is 54.6 Å². The summed E-state index contributed by atoms with van der Waals surface area (Å²) < 4.78 is 0. The van der Waals surface area contributed by atoms with Gasteiger partial charge >= 0.3 is 5.97 Å². The molecule has 0 aromatic heterocycles. The van der Waals surface area contributed by atoms with Crippen LogP contribution < -0.4 is 0 Å². The van der Waals surface area contributed by atoms with Crippen LogP contribution in [-0.4, -0.2) is 16.0 Å². The van der Waals surface area contributed by atoms with Crippen LogP contribution >= 0.6 is 0 Å². The quantitative estimate of drug-likeness (QED) is 0.289. The Morgan fingerprint density at radius 1 is 0.794 bits per heavy atom. The third-order valence-electron chi connectivity index (χ3n) is 6.49. The minimum Gasteiger partial charge on any atom is -0.481 e. The number of rotatable bonds is 9. The van der Waals surface area contributed by atoms with E-state index < -0.39 is 5.97 Å². The summed E-state index contributed by atoms with van der Waals surface area (Å²) in [7, 11) is 0. The van der Waals surface area contributed by atoms with Gasteiger partial charge in [-0.05, 0) is 53.3 Å². The minimum absolute atomic E-state index is 0.0291. The zero-order chi connectivity index (χ0) is 23.9. The van der Waals surface area contributed by atoms with Crippen molar-refractivity contribution < 1.29 is 9.90 Å². The van der Waals surface area contributed by atoms with Crippen molar-refractivity contribution in [3.8, 4) is 11.1 Å². The Labute approximate surface area is 202 Å². The zero-order valence-electron chi connectivity index (χ0n) is 19.8. The Hall–Kier alpha value is -3.69. The van der Waals surface area contributed by atoms with Gasteiger partial charge in [0.15, 0.2) is 0 Å². The van der Waals surface area contributed by atoms with Crippen LogP contribution in [0.15, 0.2) is 109 Å². The van der Waals surface area contributed by atoms with Gasteiger partial charge in [-0.15, -0.1) is 0 Å². The Morgan fingerprint density at radius 2 is 1.38 bits per heavy atom. The van der Waals surface area contributed by atoms with E-state index in [0.717, 1.165) is 22.3 Å². The maximum absolute atomic E-state index is 12.1. The van der Waals surface area contributed by atoms with Gasteiger partial charge in [0.1, 0.15) is 0 Å². The molecule has 0 aliphatic heterocycles. The first kappa shape index (κ1) is 23.5. The molecule has 3 nitrogen and oxygen atoms in total. The van der Waals surface area contributed by atoms with E-state index in [-0.39, 0.29) is 18.5 Å². The molecule has 172 valence electrons. The van der Waals surface area contributed by atoms with Gasteiger partial charge in [0.25, 0.3) is 0 Å². The molecular weight excluding hydrogens is 418 g/mol. The molecule has 4 aromatic carbocycles. The van der Waals surface area contributed by atoms with Gasteiger partial charge in [0.2, 0.25) is 0 Å². The van der Waals surface area contributed by atoms with Crippen LogP contribution in [-0.2, 0) is 11.3 Å². The molecular formula is C31H31NO2. The number of carbonyl (C=O) groups is 1. The van der Waals surface area contributed by atoms with Gasteiger partial charge in [-0.1, -0.05) is 103 Å². The number of carboxylic acid groups (broad SMARTS) is 1. The van der Waals surface area contributed by atoms with Crippen LogP contribution in [0.1, 0.15) is 47.7 Å². The first-order valence-electron chi connectivity index (χ1n) is 11.8. The Morgan fingerprint density at radius 3 is 2.00 bits per heavy atom. The number of aliphatic carboxylic acids is 1. The van der Waals surface area contributed by atoms with E-state index in [2.05, 4.69) is 73.3 Å². The highest BCUT2D eigenvalue weighted by atomic mass is 16.4. The van der Waals surface area contributed by atoms with Crippen molar-refractivity contribution in [2.24, 2.45) is 0 Å². The maximum atomic E-state index is 12.1. The highest BCUT2D eigenvalue weighted by Gasteiger charge is 2.29. The molecule has 0 radical (unpaired) electrons. The Balaban J connectivity index is 1.80. The van der Waals surface area contributed by atoms with E-state index in [0.29, 0.717) is 6.54 Å². The fourth-order valence-electron chi connectivity index (χ4n) is 4.60. The molecule has 34 heavy (non-hydrogen) atoms. The highest BCUT2D eigenvalue weighted by molar-refractivity contribution is 5.70. The number of hydrogen-bond donors (Lipinski definition) is 1. The lowest BCUT2D eigenvalue weighted by molar-refractivity contribution is -0.138. The second-order valence-electron chi connectivity index (χ2n) is 8.80. The SMILES string of the molecule is Cc1ccc(C(CC(=O)O)N(Cc2ccccc2)C(C)c2ccccc2)cc1-c1ccccc1. The number of hydrogen-bond acceptors (Lipinski definition) is 2. The lowest BCUT2D eigenvalue weighted by Crippen LogP contribution is -2.32. The molecule has 2 unspecified atom stereocenters. The summed E-state index contributed by atoms with van der Waals surface area (Å²) in [6.45, 7) is 4.93. The predicted molar refractivity (Wildman–Crippen MR) is 138 cm³/mol. The van der Waals surface area contributed by atoms with Crippen LogP contribution in [0.5, 0.6) is 0 Å². The molecule has 0 bridgehead atoms. The summed E-state index contributed by atoms with van der Waals surface area (Å²) in [5.41, 5.74) is 6.81. The van der Waals surface area contributed by atoms with Crippen LogP contribution in [0.3, 0.4) is 0 Å². The molecule has 0 saturated heterocycles. The van der Waals surface area contributed by atoms with Gasteiger partial charge < -0.3 is 5.11 Å². The van der Waals surface area contributed by atoms with Crippen molar-refractivity contribution in [1.29, 1.82) is 0 Å². The third-order valence-corrected chi connectivity index (χ3v) is 6.49.